The van der Waals surface area contributed by atoms with Crippen molar-refractivity contribution in [2.45, 2.75) is 6.92 Å². The van der Waals surface area contributed by atoms with E-state index in [1.54, 1.807) is 0 Å². The van der Waals surface area contributed by atoms with Gasteiger partial charge >= 0.3 is 0 Å². The summed E-state index contributed by atoms with van der Waals surface area (Å²) in [6.45, 7) is 11.8. The smallest absolute Gasteiger partial charge is 0.0107 e. The average molecular weight is 256 g/mol. The van der Waals surface area contributed by atoms with Crippen molar-refractivity contribution >= 4 is 0 Å². The van der Waals surface area contributed by atoms with E-state index in [2.05, 4.69) is 54.7 Å². The molecular weight excluding hydrogens is 224 g/mol. The van der Waals surface area contributed by atoms with Gasteiger partial charge in [-0.2, -0.15) is 0 Å². The number of likely N-dealkylation sites (N-methyl/N-ethyl adjacent to an activating group) is 4. The van der Waals surface area contributed by atoms with Crippen molar-refractivity contribution in [3.63, 3.8) is 0 Å². The summed E-state index contributed by atoms with van der Waals surface area (Å²) >= 11 is 0. The first-order valence-electron chi connectivity index (χ1n) is 7.21. The maximum atomic E-state index is 2.47. The second kappa shape index (κ2) is 8.10. The normalized spacial score (nSPS) is 26.5. The third-order valence-electron chi connectivity index (χ3n) is 3.84. The van der Waals surface area contributed by atoms with E-state index < -0.39 is 0 Å². The van der Waals surface area contributed by atoms with Crippen LogP contribution in [0.1, 0.15) is 6.92 Å². The van der Waals surface area contributed by atoms with E-state index >= 15 is 0 Å². The summed E-state index contributed by atoms with van der Waals surface area (Å²) in [6.07, 6.45) is 0. The Bertz CT molecular complexity index is 200. The van der Waals surface area contributed by atoms with Crippen LogP contribution in [0.2, 0.25) is 0 Å². The van der Waals surface area contributed by atoms with Crippen LogP contribution in [0.15, 0.2) is 0 Å². The second-order valence-electron chi connectivity index (χ2n) is 6.24. The molecule has 0 radical (unpaired) electrons. The Hall–Kier alpha value is -0.160. The summed E-state index contributed by atoms with van der Waals surface area (Å²) in [7, 11) is 8.96. The van der Waals surface area contributed by atoms with Crippen LogP contribution in [0.3, 0.4) is 0 Å². The summed E-state index contributed by atoms with van der Waals surface area (Å²) in [5, 5.41) is 0. The summed E-state index contributed by atoms with van der Waals surface area (Å²) < 4.78 is 0. The van der Waals surface area contributed by atoms with Gasteiger partial charge < -0.3 is 19.6 Å². The van der Waals surface area contributed by atoms with Crippen LogP contribution in [-0.4, -0.2) is 100 Å². The largest absolute Gasteiger partial charge is 0.305 e. The molecule has 1 saturated heterocycles. The molecule has 4 heteroatoms. The van der Waals surface area contributed by atoms with Gasteiger partial charge in [-0.25, -0.2) is 0 Å². The lowest BCUT2D eigenvalue weighted by Gasteiger charge is -2.26. The van der Waals surface area contributed by atoms with Crippen molar-refractivity contribution < 1.29 is 0 Å². The highest BCUT2D eigenvalue weighted by atomic mass is 15.2. The van der Waals surface area contributed by atoms with E-state index in [0.29, 0.717) is 0 Å². The highest BCUT2D eigenvalue weighted by molar-refractivity contribution is 4.68. The van der Waals surface area contributed by atoms with Crippen molar-refractivity contribution in [2.24, 2.45) is 5.92 Å². The van der Waals surface area contributed by atoms with Crippen molar-refractivity contribution in [3.05, 3.63) is 0 Å². The molecule has 0 aromatic carbocycles. The first kappa shape index (κ1) is 15.9. The molecule has 1 rings (SSSR count). The van der Waals surface area contributed by atoms with Crippen LogP contribution in [0.25, 0.3) is 0 Å². The topological polar surface area (TPSA) is 13.0 Å². The SMILES string of the molecule is CC1CN(C)CCN(C)CCN(C)CCN(C)C1. The molecule has 1 aliphatic rings. The Kier molecular flexibility index (Phi) is 7.15. The minimum Gasteiger partial charge on any atom is -0.305 e. The molecule has 1 aliphatic heterocycles. The van der Waals surface area contributed by atoms with E-state index in [-0.39, 0.29) is 0 Å². The number of nitrogens with zero attached hydrogens (tertiary/aromatic N) is 4. The van der Waals surface area contributed by atoms with E-state index in [0.717, 1.165) is 5.92 Å². The molecule has 0 N–H and O–H groups in total. The number of hydrogen-bond donors (Lipinski definition) is 0. The van der Waals surface area contributed by atoms with Gasteiger partial charge in [-0.3, -0.25) is 0 Å². The molecular formula is C14H32N4. The molecule has 0 amide bonds. The van der Waals surface area contributed by atoms with Crippen LogP contribution in [0, 0.1) is 5.92 Å². The Balaban J connectivity index is 2.50. The summed E-state index contributed by atoms with van der Waals surface area (Å²) in [5.41, 5.74) is 0. The van der Waals surface area contributed by atoms with Gasteiger partial charge in [-0.15, -0.1) is 0 Å². The highest BCUT2D eigenvalue weighted by Gasteiger charge is 2.12. The Morgan fingerprint density at radius 1 is 0.556 bits per heavy atom. The minimum atomic E-state index is 0.747. The van der Waals surface area contributed by atoms with Crippen LogP contribution in [0.5, 0.6) is 0 Å². The van der Waals surface area contributed by atoms with E-state index in [4.69, 9.17) is 0 Å². The zero-order chi connectivity index (χ0) is 13.5. The van der Waals surface area contributed by atoms with Gasteiger partial charge in [0.25, 0.3) is 0 Å². The molecule has 0 atom stereocenters. The van der Waals surface area contributed by atoms with E-state index in [9.17, 15) is 0 Å². The maximum Gasteiger partial charge on any atom is 0.0107 e. The number of hydrogen-bond acceptors (Lipinski definition) is 4. The fraction of sp³-hybridized carbons (Fsp3) is 1.00. The van der Waals surface area contributed by atoms with Crippen LogP contribution >= 0.6 is 0 Å². The molecule has 0 bridgehead atoms. The molecule has 0 aliphatic carbocycles. The quantitative estimate of drug-likeness (QED) is 0.620. The van der Waals surface area contributed by atoms with Gasteiger partial charge in [0.2, 0.25) is 0 Å². The lowest BCUT2D eigenvalue weighted by molar-refractivity contribution is 0.211. The van der Waals surface area contributed by atoms with Crippen molar-refractivity contribution in [2.75, 3.05) is 80.5 Å². The van der Waals surface area contributed by atoms with Gasteiger partial charge in [-0.05, 0) is 34.1 Å². The molecule has 18 heavy (non-hydrogen) atoms. The lowest BCUT2D eigenvalue weighted by Crippen LogP contribution is -2.37. The summed E-state index contributed by atoms with van der Waals surface area (Å²) in [5.74, 6) is 0.747. The zero-order valence-corrected chi connectivity index (χ0v) is 13.0. The Labute approximate surface area is 114 Å². The zero-order valence-electron chi connectivity index (χ0n) is 13.0. The molecule has 108 valence electrons. The Morgan fingerprint density at radius 2 is 0.833 bits per heavy atom. The predicted octanol–water partition coefficient (Wildman–Crippen LogP) is 0.363. The fourth-order valence-corrected chi connectivity index (χ4v) is 2.55. The fourth-order valence-electron chi connectivity index (χ4n) is 2.55. The van der Waals surface area contributed by atoms with Crippen LogP contribution in [0.4, 0.5) is 0 Å². The number of rotatable bonds is 0. The Morgan fingerprint density at radius 3 is 1.17 bits per heavy atom. The molecule has 1 fully saturated rings. The van der Waals surface area contributed by atoms with Crippen molar-refractivity contribution in [1.29, 1.82) is 0 Å². The molecule has 0 spiro atoms. The van der Waals surface area contributed by atoms with E-state index in [1.807, 2.05) is 0 Å². The van der Waals surface area contributed by atoms with Crippen LogP contribution in [-0.2, 0) is 0 Å². The molecule has 0 aromatic heterocycles. The van der Waals surface area contributed by atoms with Gasteiger partial charge in [-0.1, -0.05) is 6.92 Å². The molecule has 0 unspecified atom stereocenters. The monoisotopic (exact) mass is 256 g/mol. The van der Waals surface area contributed by atoms with Crippen LogP contribution < -0.4 is 0 Å². The van der Waals surface area contributed by atoms with Crippen molar-refractivity contribution in [3.8, 4) is 0 Å². The van der Waals surface area contributed by atoms with Gasteiger partial charge in [0, 0.05) is 52.4 Å². The molecule has 4 nitrogen and oxygen atoms in total. The molecule has 0 aromatic rings. The third kappa shape index (κ3) is 6.69. The molecule has 0 saturated carbocycles. The van der Waals surface area contributed by atoms with Gasteiger partial charge in [0.1, 0.15) is 0 Å². The van der Waals surface area contributed by atoms with E-state index in [1.165, 1.54) is 52.4 Å². The standard InChI is InChI=1S/C14H32N4/c1-14-12-17(4)10-8-15(2)6-7-16(3)9-11-18(5)13-14/h14H,6-13H2,1-5H3. The summed E-state index contributed by atoms with van der Waals surface area (Å²) in [4.78, 5) is 9.83. The second-order valence-corrected chi connectivity index (χ2v) is 6.24. The lowest BCUT2D eigenvalue weighted by atomic mass is 10.1. The summed E-state index contributed by atoms with van der Waals surface area (Å²) in [6, 6.07) is 0. The average Bonchev–Trinajstić information content (AvgIpc) is 2.30. The van der Waals surface area contributed by atoms with Gasteiger partial charge in [0.15, 0.2) is 0 Å². The first-order valence-corrected chi connectivity index (χ1v) is 7.21. The molecule has 1 heterocycles. The minimum absolute atomic E-state index is 0.747. The van der Waals surface area contributed by atoms with Crippen molar-refractivity contribution in [1.82, 2.24) is 19.6 Å². The maximum absolute atomic E-state index is 2.47. The van der Waals surface area contributed by atoms with Gasteiger partial charge in [0.05, 0.1) is 0 Å². The highest BCUT2D eigenvalue weighted by Crippen LogP contribution is 2.02. The first-order chi connectivity index (χ1) is 8.47. The predicted molar refractivity (Wildman–Crippen MR) is 79.2 cm³/mol. The third-order valence-corrected chi connectivity index (χ3v) is 3.84.